The molecular weight excluding hydrogens is 160 g/mol. The number of likely N-dealkylation sites (N-methyl/N-ethyl adjacent to an activating group) is 1. The summed E-state index contributed by atoms with van der Waals surface area (Å²) in [6.45, 7) is 1.62. The number of aliphatic carboxylic acids is 1. The highest BCUT2D eigenvalue weighted by Crippen LogP contribution is 1.99. The summed E-state index contributed by atoms with van der Waals surface area (Å²) in [5.74, 6) is -1.45. The van der Waals surface area contributed by atoms with Crippen LogP contribution in [-0.2, 0) is 9.59 Å². The summed E-state index contributed by atoms with van der Waals surface area (Å²) in [6.07, 6.45) is 0.527. The Morgan fingerprint density at radius 2 is 2.08 bits per heavy atom. The smallest absolute Gasteiger partial charge is 0.317 e. The topological polar surface area (TPSA) is 83.6 Å². The van der Waals surface area contributed by atoms with Crippen LogP contribution < -0.4 is 5.73 Å². The Bertz CT molecular complexity index is 181. The normalized spacial score (nSPS) is 12.9. The van der Waals surface area contributed by atoms with Crippen molar-refractivity contribution in [3.8, 4) is 0 Å². The van der Waals surface area contributed by atoms with Crippen LogP contribution in [0.25, 0.3) is 0 Å². The lowest BCUT2D eigenvalue weighted by Gasteiger charge is -2.21. The molecule has 0 aromatic heterocycles. The molecule has 1 unspecified atom stereocenters. The number of rotatable bonds is 5. The number of primary amides is 1. The molecular formula is C7H14N2O3. The third kappa shape index (κ3) is 3.34. The molecule has 5 heteroatoms. The predicted octanol–water partition coefficient (Wildman–Crippen LogP) is -0.733. The fourth-order valence-electron chi connectivity index (χ4n) is 1.05. The molecule has 3 N–H and O–H groups in total. The second-order valence-corrected chi connectivity index (χ2v) is 2.64. The van der Waals surface area contributed by atoms with Gasteiger partial charge in [0.25, 0.3) is 0 Å². The number of nitrogens with two attached hydrogens (primary N) is 1. The van der Waals surface area contributed by atoms with E-state index in [1.165, 1.54) is 4.90 Å². The molecule has 0 saturated carbocycles. The van der Waals surface area contributed by atoms with E-state index in [9.17, 15) is 9.59 Å². The van der Waals surface area contributed by atoms with Crippen LogP contribution >= 0.6 is 0 Å². The Kier molecular flexibility index (Phi) is 4.28. The Hall–Kier alpha value is -1.10. The van der Waals surface area contributed by atoms with Crippen molar-refractivity contribution in [2.45, 2.75) is 19.4 Å². The Morgan fingerprint density at radius 3 is 2.33 bits per heavy atom. The molecule has 0 bridgehead atoms. The van der Waals surface area contributed by atoms with E-state index in [-0.39, 0.29) is 6.54 Å². The number of carbonyl (C=O) groups is 2. The summed E-state index contributed by atoms with van der Waals surface area (Å²) in [5, 5.41) is 8.42. The van der Waals surface area contributed by atoms with Crippen LogP contribution in [-0.4, -0.2) is 41.5 Å². The molecule has 0 spiro atoms. The van der Waals surface area contributed by atoms with Crippen LogP contribution in [0.3, 0.4) is 0 Å². The second-order valence-electron chi connectivity index (χ2n) is 2.64. The lowest BCUT2D eigenvalue weighted by molar-refractivity contribution is -0.139. The zero-order valence-corrected chi connectivity index (χ0v) is 7.28. The van der Waals surface area contributed by atoms with E-state index in [2.05, 4.69) is 0 Å². The standard InChI is InChI=1S/C7H14N2O3/c1-3-5(7(8)12)9(2)4-6(10)11/h5H,3-4H2,1-2H3,(H2,8,12)(H,10,11). The summed E-state index contributed by atoms with van der Waals surface area (Å²) in [7, 11) is 1.56. The highest BCUT2D eigenvalue weighted by molar-refractivity contribution is 5.80. The van der Waals surface area contributed by atoms with Gasteiger partial charge in [0, 0.05) is 0 Å². The summed E-state index contributed by atoms with van der Waals surface area (Å²) in [4.78, 5) is 22.4. The number of nitrogens with zero attached hydrogens (tertiary/aromatic N) is 1. The summed E-state index contributed by atoms with van der Waals surface area (Å²) in [5.41, 5.74) is 5.05. The van der Waals surface area contributed by atoms with Gasteiger partial charge in [-0.1, -0.05) is 6.92 Å². The van der Waals surface area contributed by atoms with Gasteiger partial charge in [0.15, 0.2) is 0 Å². The van der Waals surface area contributed by atoms with E-state index in [0.717, 1.165) is 0 Å². The van der Waals surface area contributed by atoms with Gasteiger partial charge < -0.3 is 10.8 Å². The minimum absolute atomic E-state index is 0.165. The minimum Gasteiger partial charge on any atom is -0.480 e. The van der Waals surface area contributed by atoms with Gasteiger partial charge in [-0.3, -0.25) is 14.5 Å². The quantitative estimate of drug-likeness (QED) is 0.575. The van der Waals surface area contributed by atoms with Crippen molar-refractivity contribution in [2.24, 2.45) is 5.73 Å². The summed E-state index contributed by atoms with van der Waals surface area (Å²) < 4.78 is 0. The second kappa shape index (κ2) is 4.71. The Balaban J connectivity index is 4.11. The number of carboxylic acids is 1. The number of carbonyl (C=O) groups excluding carboxylic acids is 1. The van der Waals surface area contributed by atoms with Crippen LogP contribution in [0.1, 0.15) is 13.3 Å². The van der Waals surface area contributed by atoms with Gasteiger partial charge in [0.1, 0.15) is 0 Å². The molecule has 1 atom stereocenters. The molecule has 0 aromatic rings. The largest absolute Gasteiger partial charge is 0.480 e. The maximum Gasteiger partial charge on any atom is 0.317 e. The molecule has 1 amide bonds. The first kappa shape index (κ1) is 10.9. The molecule has 0 fully saturated rings. The SMILES string of the molecule is CCC(C(N)=O)N(C)CC(=O)O. The molecule has 0 heterocycles. The molecule has 0 aromatic carbocycles. The zero-order chi connectivity index (χ0) is 9.72. The minimum atomic E-state index is -0.961. The predicted molar refractivity (Wildman–Crippen MR) is 43.5 cm³/mol. The maximum absolute atomic E-state index is 10.7. The average Bonchev–Trinajstić information content (AvgIpc) is 1.85. The van der Waals surface area contributed by atoms with Gasteiger partial charge in [0.05, 0.1) is 12.6 Å². The van der Waals surface area contributed by atoms with Gasteiger partial charge in [-0.25, -0.2) is 0 Å². The number of hydrogen-bond donors (Lipinski definition) is 2. The monoisotopic (exact) mass is 174 g/mol. The average molecular weight is 174 g/mol. The molecule has 12 heavy (non-hydrogen) atoms. The van der Waals surface area contributed by atoms with E-state index >= 15 is 0 Å². The van der Waals surface area contributed by atoms with Gasteiger partial charge in [-0.15, -0.1) is 0 Å². The van der Waals surface area contributed by atoms with Crippen molar-refractivity contribution in [1.82, 2.24) is 4.90 Å². The van der Waals surface area contributed by atoms with Crippen molar-refractivity contribution < 1.29 is 14.7 Å². The first-order chi connectivity index (χ1) is 5.49. The van der Waals surface area contributed by atoms with E-state index in [4.69, 9.17) is 10.8 Å². The molecule has 0 rings (SSSR count). The number of carboxylic acid groups (broad SMARTS) is 1. The molecule has 0 aliphatic rings. The molecule has 0 radical (unpaired) electrons. The Labute approximate surface area is 71.1 Å². The lowest BCUT2D eigenvalue weighted by Crippen LogP contribution is -2.44. The van der Waals surface area contributed by atoms with Crippen LogP contribution in [0.15, 0.2) is 0 Å². The molecule has 5 nitrogen and oxygen atoms in total. The van der Waals surface area contributed by atoms with Gasteiger partial charge >= 0.3 is 5.97 Å². The maximum atomic E-state index is 10.7. The van der Waals surface area contributed by atoms with Crippen molar-refractivity contribution in [3.63, 3.8) is 0 Å². The van der Waals surface area contributed by atoms with Crippen LogP contribution in [0.4, 0.5) is 0 Å². The number of hydrogen-bond acceptors (Lipinski definition) is 3. The summed E-state index contributed by atoms with van der Waals surface area (Å²) in [6, 6.07) is -0.485. The van der Waals surface area contributed by atoms with E-state index in [0.29, 0.717) is 6.42 Å². The van der Waals surface area contributed by atoms with Crippen molar-refractivity contribution in [3.05, 3.63) is 0 Å². The van der Waals surface area contributed by atoms with E-state index in [1.807, 2.05) is 0 Å². The third-order valence-corrected chi connectivity index (χ3v) is 1.63. The zero-order valence-electron chi connectivity index (χ0n) is 7.28. The van der Waals surface area contributed by atoms with Crippen LogP contribution in [0, 0.1) is 0 Å². The van der Waals surface area contributed by atoms with Crippen LogP contribution in [0.5, 0.6) is 0 Å². The first-order valence-corrected chi connectivity index (χ1v) is 3.70. The highest BCUT2D eigenvalue weighted by atomic mass is 16.4. The van der Waals surface area contributed by atoms with Crippen molar-refractivity contribution >= 4 is 11.9 Å². The van der Waals surface area contributed by atoms with Gasteiger partial charge in [-0.2, -0.15) is 0 Å². The summed E-state index contributed by atoms with van der Waals surface area (Å²) >= 11 is 0. The van der Waals surface area contributed by atoms with Gasteiger partial charge in [0.2, 0.25) is 5.91 Å². The molecule has 0 saturated heterocycles. The highest BCUT2D eigenvalue weighted by Gasteiger charge is 2.19. The fraction of sp³-hybridized carbons (Fsp3) is 0.714. The van der Waals surface area contributed by atoms with Gasteiger partial charge in [-0.05, 0) is 13.5 Å². The lowest BCUT2D eigenvalue weighted by atomic mass is 10.2. The first-order valence-electron chi connectivity index (χ1n) is 3.70. The fourth-order valence-corrected chi connectivity index (χ4v) is 1.05. The Morgan fingerprint density at radius 1 is 1.58 bits per heavy atom. The third-order valence-electron chi connectivity index (χ3n) is 1.63. The van der Waals surface area contributed by atoms with Crippen LogP contribution in [0.2, 0.25) is 0 Å². The van der Waals surface area contributed by atoms with E-state index < -0.39 is 17.9 Å². The molecule has 0 aliphatic carbocycles. The molecule has 70 valence electrons. The van der Waals surface area contributed by atoms with Crippen molar-refractivity contribution in [2.75, 3.05) is 13.6 Å². The van der Waals surface area contributed by atoms with E-state index in [1.54, 1.807) is 14.0 Å². The number of amides is 1. The molecule has 0 aliphatic heterocycles. The van der Waals surface area contributed by atoms with Crippen molar-refractivity contribution in [1.29, 1.82) is 0 Å².